The molecule has 6 heteroatoms. The Hall–Kier alpha value is -1.44. The molecule has 0 unspecified atom stereocenters. The maximum Gasteiger partial charge on any atom is 0.165 e. The van der Waals surface area contributed by atoms with Gasteiger partial charge in [-0.2, -0.15) is 0 Å². The third kappa shape index (κ3) is 2.69. The maximum absolute atomic E-state index is 13.3. The quantitative estimate of drug-likeness (QED) is 0.828. The summed E-state index contributed by atoms with van der Waals surface area (Å²) in [6, 6.07) is 4.09. The molecule has 0 spiro atoms. The van der Waals surface area contributed by atoms with E-state index in [2.05, 4.69) is 37.9 Å². The molecule has 0 fully saturated rings. The van der Waals surface area contributed by atoms with Crippen LogP contribution >= 0.6 is 22.6 Å². The van der Waals surface area contributed by atoms with Gasteiger partial charge in [0.05, 0.1) is 3.57 Å². The van der Waals surface area contributed by atoms with Gasteiger partial charge in [0.25, 0.3) is 0 Å². The normalized spacial score (nSPS) is 10.4. The largest absolute Gasteiger partial charge is 0.505 e. The molecule has 1 aromatic heterocycles. The van der Waals surface area contributed by atoms with Crippen LogP contribution in [-0.4, -0.2) is 21.6 Å². The molecule has 0 radical (unpaired) electrons. The average Bonchev–Trinajstić information content (AvgIpc) is 2.36. The second kappa shape index (κ2) is 5.47. The van der Waals surface area contributed by atoms with E-state index in [1.54, 1.807) is 12.3 Å². The Morgan fingerprint density at radius 3 is 2.89 bits per heavy atom. The molecule has 1 aromatic carbocycles. The summed E-state index contributed by atoms with van der Waals surface area (Å²) in [5, 5.41) is 12.3. The summed E-state index contributed by atoms with van der Waals surface area (Å²) in [7, 11) is 0. The number of benzene rings is 1. The molecule has 0 aliphatic rings. The topological polar surface area (TPSA) is 58.0 Å². The van der Waals surface area contributed by atoms with E-state index >= 15 is 0 Å². The number of rotatable bonds is 3. The van der Waals surface area contributed by atoms with Crippen molar-refractivity contribution in [3.05, 3.63) is 33.8 Å². The van der Waals surface area contributed by atoms with Crippen molar-refractivity contribution in [2.45, 2.75) is 6.92 Å². The van der Waals surface area contributed by atoms with Gasteiger partial charge in [-0.25, -0.2) is 14.4 Å². The SMILES string of the molecule is CCNc1nc(-c2ccc(O)c(F)c2)ncc1I. The van der Waals surface area contributed by atoms with Crippen molar-refractivity contribution in [1.29, 1.82) is 0 Å². The van der Waals surface area contributed by atoms with Crippen LogP contribution in [0.1, 0.15) is 6.92 Å². The molecule has 18 heavy (non-hydrogen) atoms. The first-order chi connectivity index (χ1) is 8.61. The first-order valence-corrected chi connectivity index (χ1v) is 6.45. The highest BCUT2D eigenvalue weighted by Crippen LogP contribution is 2.24. The predicted octanol–water partition coefficient (Wildman–Crippen LogP) is 3.02. The Bertz CT molecular complexity index is 577. The van der Waals surface area contributed by atoms with Gasteiger partial charge in [0.15, 0.2) is 17.4 Å². The van der Waals surface area contributed by atoms with Crippen LogP contribution in [0.25, 0.3) is 11.4 Å². The van der Waals surface area contributed by atoms with Crippen LogP contribution in [0.4, 0.5) is 10.2 Å². The average molecular weight is 359 g/mol. The number of phenolic OH excluding ortho intramolecular Hbond substituents is 1. The van der Waals surface area contributed by atoms with Crippen molar-refractivity contribution in [1.82, 2.24) is 9.97 Å². The Kier molecular flexibility index (Phi) is 3.95. The molecule has 0 amide bonds. The lowest BCUT2D eigenvalue weighted by Crippen LogP contribution is -2.03. The highest BCUT2D eigenvalue weighted by atomic mass is 127. The Labute approximate surface area is 117 Å². The smallest absolute Gasteiger partial charge is 0.165 e. The van der Waals surface area contributed by atoms with E-state index in [-0.39, 0.29) is 5.75 Å². The van der Waals surface area contributed by atoms with Gasteiger partial charge in [-0.05, 0) is 47.7 Å². The highest BCUT2D eigenvalue weighted by molar-refractivity contribution is 14.1. The molecule has 2 rings (SSSR count). The summed E-state index contributed by atoms with van der Waals surface area (Å²) >= 11 is 2.13. The van der Waals surface area contributed by atoms with Crippen molar-refractivity contribution in [2.24, 2.45) is 0 Å². The second-order valence-corrected chi connectivity index (χ2v) is 4.75. The molecule has 1 heterocycles. The summed E-state index contributed by atoms with van der Waals surface area (Å²) in [5.74, 6) is 0.0812. The number of hydrogen-bond acceptors (Lipinski definition) is 4. The van der Waals surface area contributed by atoms with Crippen LogP contribution in [0.15, 0.2) is 24.4 Å². The van der Waals surface area contributed by atoms with Gasteiger partial charge in [0.1, 0.15) is 5.82 Å². The first kappa shape index (κ1) is 13.0. The molecule has 2 N–H and O–H groups in total. The maximum atomic E-state index is 13.3. The van der Waals surface area contributed by atoms with Crippen molar-refractivity contribution in [2.75, 3.05) is 11.9 Å². The van der Waals surface area contributed by atoms with E-state index in [1.165, 1.54) is 12.1 Å². The second-order valence-electron chi connectivity index (χ2n) is 3.59. The van der Waals surface area contributed by atoms with Gasteiger partial charge in [0, 0.05) is 18.3 Å². The third-order valence-corrected chi connectivity index (χ3v) is 3.08. The van der Waals surface area contributed by atoms with Crippen LogP contribution in [0, 0.1) is 9.39 Å². The fraction of sp³-hybridized carbons (Fsp3) is 0.167. The standard InChI is InChI=1S/C12H11FIN3O/c1-2-15-12-9(14)6-16-11(17-12)7-3-4-10(18)8(13)5-7/h3-6,18H,2H2,1H3,(H,15,16,17). The number of aromatic nitrogens is 2. The zero-order valence-electron chi connectivity index (χ0n) is 9.61. The van der Waals surface area contributed by atoms with Crippen LogP contribution in [0.2, 0.25) is 0 Å². The van der Waals surface area contributed by atoms with E-state index in [1.807, 2.05) is 6.92 Å². The lowest BCUT2D eigenvalue weighted by molar-refractivity contribution is 0.432. The van der Waals surface area contributed by atoms with E-state index in [0.717, 1.165) is 15.9 Å². The number of phenols is 1. The predicted molar refractivity (Wildman–Crippen MR) is 76.0 cm³/mol. The van der Waals surface area contributed by atoms with Gasteiger partial charge >= 0.3 is 0 Å². The van der Waals surface area contributed by atoms with Gasteiger partial charge in [0.2, 0.25) is 0 Å². The lowest BCUT2D eigenvalue weighted by atomic mass is 10.2. The number of anilines is 1. The molecule has 0 aliphatic carbocycles. The highest BCUT2D eigenvalue weighted by Gasteiger charge is 2.09. The minimum atomic E-state index is -0.681. The van der Waals surface area contributed by atoms with E-state index in [4.69, 9.17) is 5.11 Å². The zero-order chi connectivity index (χ0) is 13.1. The summed E-state index contributed by atoms with van der Waals surface area (Å²) in [6.07, 6.45) is 1.67. The Morgan fingerprint density at radius 1 is 1.44 bits per heavy atom. The van der Waals surface area contributed by atoms with Crippen molar-refractivity contribution < 1.29 is 9.50 Å². The van der Waals surface area contributed by atoms with Crippen LogP contribution in [0.3, 0.4) is 0 Å². The Balaban J connectivity index is 2.44. The van der Waals surface area contributed by atoms with Crippen molar-refractivity contribution in [3.63, 3.8) is 0 Å². The molecular weight excluding hydrogens is 348 g/mol. The van der Waals surface area contributed by atoms with Crippen molar-refractivity contribution >= 4 is 28.4 Å². The molecule has 0 saturated heterocycles. The molecule has 0 atom stereocenters. The Morgan fingerprint density at radius 2 is 2.22 bits per heavy atom. The minimum Gasteiger partial charge on any atom is -0.505 e. The molecule has 0 saturated carbocycles. The van der Waals surface area contributed by atoms with Gasteiger partial charge in [-0.3, -0.25) is 0 Å². The molecular formula is C12H11FIN3O. The van der Waals surface area contributed by atoms with E-state index in [9.17, 15) is 4.39 Å². The summed E-state index contributed by atoms with van der Waals surface area (Å²) in [5.41, 5.74) is 0.529. The van der Waals surface area contributed by atoms with E-state index < -0.39 is 5.82 Å². The minimum absolute atomic E-state index is 0.379. The molecule has 0 bridgehead atoms. The van der Waals surface area contributed by atoms with Crippen LogP contribution in [0.5, 0.6) is 5.75 Å². The number of aromatic hydroxyl groups is 1. The number of halogens is 2. The molecule has 2 aromatic rings. The molecule has 4 nitrogen and oxygen atoms in total. The molecule has 0 aliphatic heterocycles. The third-order valence-electron chi connectivity index (χ3n) is 2.29. The van der Waals surface area contributed by atoms with Crippen molar-refractivity contribution in [3.8, 4) is 17.1 Å². The monoisotopic (exact) mass is 359 g/mol. The molecule has 94 valence electrons. The summed E-state index contributed by atoms with van der Waals surface area (Å²) in [6.45, 7) is 2.72. The lowest BCUT2D eigenvalue weighted by Gasteiger charge is -2.07. The van der Waals surface area contributed by atoms with Gasteiger partial charge in [-0.15, -0.1) is 0 Å². The number of nitrogens with one attached hydrogen (secondary N) is 1. The fourth-order valence-electron chi connectivity index (χ4n) is 1.44. The van der Waals surface area contributed by atoms with Gasteiger partial charge < -0.3 is 10.4 Å². The summed E-state index contributed by atoms with van der Waals surface area (Å²) < 4.78 is 14.2. The zero-order valence-corrected chi connectivity index (χ0v) is 11.8. The summed E-state index contributed by atoms with van der Waals surface area (Å²) in [4.78, 5) is 8.48. The van der Waals surface area contributed by atoms with E-state index in [0.29, 0.717) is 11.4 Å². The first-order valence-electron chi connectivity index (χ1n) is 5.37. The number of hydrogen-bond donors (Lipinski definition) is 2. The number of nitrogens with zero attached hydrogens (tertiary/aromatic N) is 2. The van der Waals surface area contributed by atoms with Gasteiger partial charge in [-0.1, -0.05) is 0 Å². The fourth-order valence-corrected chi connectivity index (χ4v) is 1.89. The van der Waals surface area contributed by atoms with Crippen LogP contribution < -0.4 is 5.32 Å². The van der Waals surface area contributed by atoms with Crippen LogP contribution in [-0.2, 0) is 0 Å².